The van der Waals surface area contributed by atoms with Gasteiger partial charge in [-0.25, -0.2) is 0 Å². The first kappa shape index (κ1) is 29.3. The number of rotatable bonds is 6. The smallest absolute Gasteiger partial charge is 0.377 e. The summed E-state index contributed by atoms with van der Waals surface area (Å²) in [6.07, 6.45) is 5.67. The van der Waals surface area contributed by atoms with Crippen LogP contribution in [-0.4, -0.2) is 38.3 Å². The number of fused-ring (bicyclic) bond motifs is 1. The summed E-state index contributed by atoms with van der Waals surface area (Å²) in [6.45, 7) is 2.68. The zero-order chi connectivity index (χ0) is 29.1. The third-order valence-corrected chi connectivity index (χ3v) is 8.17. The van der Waals surface area contributed by atoms with E-state index in [0.29, 0.717) is 37.4 Å². The van der Waals surface area contributed by atoms with Crippen molar-refractivity contribution in [1.29, 1.82) is 0 Å². The Morgan fingerprint density at radius 1 is 1.17 bits per heavy atom. The fraction of sp³-hybridized carbons (Fsp3) is 0.517. The molecule has 0 saturated heterocycles. The molecule has 1 aromatic carbocycles. The van der Waals surface area contributed by atoms with Crippen LogP contribution in [0.4, 0.5) is 18.9 Å². The number of carbonyl (C=O) groups is 1. The van der Waals surface area contributed by atoms with Crippen LogP contribution in [0.5, 0.6) is 0 Å². The zero-order valence-corrected chi connectivity index (χ0v) is 23.7. The van der Waals surface area contributed by atoms with Crippen molar-refractivity contribution in [3.8, 4) is 0 Å². The van der Waals surface area contributed by atoms with Gasteiger partial charge in [0.15, 0.2) is 5.82 Å². The van der Waals surface area contributed by atoms with Crippen molar-refractivity contribution < 1.29 is 22.7 Å². The molecule has 12 heteroatoms. The highest BCUT2D eigenvalue weighted by atomic mass is 35.5. The van der Waals surface area contributed by atoms with Crippen LogP contribution in [0.2, 0.25) is 5.02 Å². The largest absolute Gasteiger partial charge is 0.416 e. The van der Waals surface area contributed by atoms with E-state index in [1.165, 1.54) is 10.9 Å². The van der Waals surface area contributed by atoms with Gasteiger partial charge in [-0.1, -0.05) is 56.7 Å². The number of benzene rings is 1. The number of aromatic nitrogens is 4. The summed E-state index contributed by atoms with van der Waals surface area (Å²) in [5.41, 5.74) is 1.21. The predicted molar refractivity (Wildman–Crippen MR) is 150 cm³/mol. The average Bonchev–Trinajstić information content (AvgIpc) is 3.38. The molecule has 41 heavy (non-hydrogen) atoms. The Balaban J connectivity index is 1.57. The van der Waals surface area contributed by atoms with E-state index in [1.54, 1.807) is 4.57 Å². The Bertz CT molecular complexity index is 1520. The van der Waals surface area contributed by atoms with Gasteiger partial charge in [0.1, 0.15) is 6.54 Å². The van der Waals surface area contributed by atoms with E-state index >= 15 is 0 Å². The molecule has 8 nitrogen and oxygen atoms in total. The summed E-state index contributed by atoms with van der Waals surface area (Å²) in [5, 5.41) is 7.01. The minimum absolute atomic E-state index is 0.0377. The molecule has 3 heterocycles. The van der Waals surface area contributed by atoms with E-state index in [1.807, 2.05) is 13.0 Å². The fourth-order valence-corrected chi connectivity index (χ4v) is 6.04. The highest BCUT2D eigenvalue weighted by molar-refractivity contribution is 6.33. The second-order valence-corrected chi connectivity index (χ2v) is 11.0. The Morgan fingerprint density at radius 2 is 1.90 bits per heavy atom. The van der Waals surface area contributed by atoms with Gasteiger partial charge in [-0.15, -0.1) is 5.10 Å². The van der Waals surface area contributed by atoms with Crippen LogP contribution in [0.3, 0.4) is 0 Å². The van der Waals surface area contributed by atoms with Crippen molar-refractivity contribution in [3.63, 3.8) is 0 Å². The quantitative estimate of drug-likeness (QED) is 0.358. The van der Waals surface area contributed by atoms with Gasteiger partial charge in [0.25, 0.3) is 5.56 Å². The van der Waals surface area contributed by atoms with Crippen LogP contribution in [0.25, 0.3) is 11.4 Å². The number of halogens is 4. The van der Waals surface area contributed by atoms with Crippen LogP contribution < -0.4 is 10.9 Å². The summed E-state index contributed by atoms with van der Waals surface area (Å²) in [6, 6.07) is 2.79. The van der Waals surface area contributed by atoms with Crippen molar-refractivity contribution >= 4 is 34.5 Å². The molecule has 220 valence electrons. The minimum Gasteiger partial charge on any atom is -0.377 e. The Labute approximate surface area is 240 Å². The summed E-state index contributed by atoms with van der Waals surface area (Å²) < 4.78 is 47.7. The fourth-order valence-electron chi connectivity index (χ4n) is 5.81. The SMILES string of the molecule is CCc1c(C2CCCCCCC2)c(=O)n2nc(C3=CCOCC3)nc2n1CC(=O)Nc1ccc(C(F)(F)F)cc1Cl. The first-order valence-corrected chi connectivity index (χ1v) is 14.5. The van der Waals surface area contributed by atoms with Gasteiger partial charge in [0, 0.05) is 11.3 Å². The molecular formula is C29H33ClF3N5O3. The molecule has 0 bridgehead atoms. The number of alkyl halides is 3. The number of nitrogens with one attached hydrogen (secondary N) is 1. The van der Waals surface area contributed by atoms with Gasteiger partial charge < -0.3 is 14.6 Å². The number of amides is 1. The lowest BCUT2D eigenvalue weighted by molar-refractivity contribution is -0.137. The van der Waals surface area contributed by atoms with E-state index in [4.69, 9.17) is 21.3 Å². The van der Waals surface area contributed by atoms with Gasteiger partial charge in [-0.2, -0.15) is 22.7 Å². The van der Waals surface area contributed by atoms with E-state index in [9.17, 15) is 22.8 Å². The van der Waals surface area contributed by atoms with Crippen molar-refractivity contribution in [2.75, 3.05) is 18.5 Å². The number of carbonyl (C=O) groups excluding carboxylic acids is 1. The Kier molecular flexibility index (Phi) is 8.84. The average molecular weight is 592 g/mol. The lowest BCUT2D eigenvalue weighted by atomic mass is 9.85. The maximum absolute atomic E-state index is 14.0. The summed E-state index contributed by atoms with van der Waals surface area (Å²) in [7, 11) is 0. The summed E-state index contributed by atoms with van der Waals surface area (Å²) in [4.78, 5) is 32.0. The monoisotopic (exact) mass is 591 g/mol. The van der Waals surface area contributed by atoms with Gasteiger partial charge in [0.05, 0.1) is 29.5 Å². The molecule has 2 aliphatic rings. The highest BCUT2D eigenvalue weighted by Gasteiger charge is 2.31. The number of anilines is 1. The van der Waals surface area contributed by atoms with Crippen molar-refractivity contribution in [2.45, 2.75) is 83.4 Å². The number of nitrogens with zero attached hydrogens (tertiary/aromatic N) is 4. The second kappa shape index (κ2) is 12.4. The lowest BCUT2D eigenvalue weighted by Crippen LogP contribution is -2.32. The molecule has 2 aromatic heterocycles. The molecule has 1 amide bonds. The molecule has 1 saturated carbocycles. The van der Waals surface area contributed by atoms with Crippen molar-refractivity contribution in [2.24, 2.45) is 0 Å². The summed E-state index contributed by atoms with van der Waals surface area (Å²) in [5.74, 6) is 0.195. The molecule has 1 fully saturated rings. The van der Waals surface area contributed by atoms with Crippen LogP contribution in [0.1, 0.15) is 86.9 Å². The van der Waals surface area contributed by atoms with E-state index < -0.39 is 17.6 Å². The first-order chi connectivity index (χ1) is 19.7. The van der Waals surface area contributed by atoms with Gasteiger partial charge >= 0.3 is 6.18 Å². The van der Waals surface area contributed by atoms with E-state index in [2.05, 4.69) is 10.4 Å². The molecule has 1 aliphatic heterocycles. The number of ether oxygens (including phenoxy) is 1. The maximum atomic E-state index is 14.0. The Hall–Kier alpha value is -3.18. The van der Waals surface area contributed by atoms with Gasteiger partial charge in [-0.3, -0.25) is 9.59 Å². The minimum atomic E-state index is -4.55. The summed E-state index contributed by atoms with van der Waals surface area (Å²) >= 11 is 6.10. The van der Waals surface area contributed by atoms with Crippen LogP contribution in [-0.2, 0) is 28.7 Å². The lowest BCUT2D eigenvalue weighted by Gasteiger charge is -2.24. The van der Waals surface area contributed by atoms with Crippen LogP contribution in [0, 0.1) is 0 Å². The number of hydrogen-bond donors (Lipinski definition) is 1. The molecule has 3 aromatic rings. The van der Waals surface area contributed by atoms with Gasteiger partial charge in [0.2, 0.25) is 11.7 Å². The van der Waals surface area contributed by atoms with E-state index in [0.717, 1.165) is 68.0 Å². The molecule has 0 spiro atoms. The van der Waals surface area contributed by atoms with Crippen LogP contribution in [0.15, 0.2) is 29.1 Å². The molecular weight excluding hydrogens is 559 g/mol. The Morgan fingerprint density at radius 3 is 2.54 bits per heavy atom. The van der Waals surface area contributed by atoms with Crippen molar-refractivity contribution in [3.05, 3.63) is 62.3 Å². The second-order valence-electron chi connectivity index (χ2n) is 10.6. The zero-order valence-electron chi connectivity index (χ0n) is 22.9. The van der Waals surface area contributed by atoms with Gasteiger partial charge in [-0.05, 0) is 55.4 Å². The topological polar surface area (TPSA) is 90.5 Å². The van der Waals surface area contributed by atoms with Crippen molar-refractivity contribution in [1.82, 2.24) is 19.2 Å². The first-order valence-electron chi connectivity index (χ1n) is 14.1. The predicted octanol–water partition coefficient (Wildman–Crippen LogP) is 6.40. The molecule has 5 rings (SSSR count). The normalized spacial score (nSPS) is 17.2. The maximum Gasteiger partial charge on any atom is 0.416 e. The molecule has 0 atom stereocenters. The van der Waals surface area contributed by atoms with E-state index in [-0.39, 0.29) is 34.5 Å². The molecule has 0 radical (unpaired) electrons. The highest BCUT2D eigenvalue weighted by Crippen LogP contribution is 2.34. The molecule has 1 N–H and O–H groups in total. The molecule has 0 unspecified atom stereocenters. The standard InChI is InChI=1S/C29H33ClF3N5O3/c1-2-23-25(18-8-6-4-3-5-7-9-18)27(40)38-28(35-26(36-38)19-12-14-41-15-13-19)37(23)17-24(39)34-22-11-10-20(16-21(22)30)29(31,32)33/h10-12,16,18H,2-9,13-15,17H2,1H3,(H,34,39). The van der Waals surface area contributed by atoms with Crippen LogP contribution >= 0.6 is 11.6 Å². The third-order valence-electron chi connectivity index (χ3n) is 7.86. The number of hydrogen-bond acceptors (Lipinski definition) is 5. The molecule has 1 aliphatic carbocycles. The third kappa shape index (κ3) is 6.35.